The van der Waals surface area contributed by atoms with E-state index in [2.05, 4.69) is 38.2 Å². The highest BCUT2D eigenvalue weighted by atomic mass is 31.2. The van der Waals surface area contributed by atoms with Crippen LogP contribution in [0.15, 0.2) is 24.3 Å². The number of hydrogen-bond donors (Lipinski definition) is 2. The van der Waals surface area contributed by atoms with Crippen LogP contribution in [0.5, 0.6) is 0 Å². The Labute approximate surface area is 542 Å². The molecule has 0 saturated carbocycles. The fraction of sp³-hybridized carbons (Fsp3) is 0.922. The number of esters is 2. The summed E-state index contributed by atoms with van der Waals surface area (Å²) >= 11 is 0. The van der Waals surface area contributed by atoms with Gasteiger partial charge in [-0.25, -0.2) is 4.57 Å². The number of unbranched alkanes of at least 4 members (excludes halogenated alkanes) is 58. The van der Waals surface area contributed by atoms with Crippen LogP contribution in [0.3, 0.4) is 0 Å². The fourth-order valence-corrected chi connectivity index (χ4v) is 12.8. The van der Waals surface area contributed by atoms with Crippen molar-refractivity contribution in [1.82, 2.24) is 0 Å². The summed E-state index contributed by atoms with van der Waals surface area (Å²) in [4.78, 5) is 35.4. The van der Waals surface area contributed by atoms with Gasteiger partial charge in [-0.3, -0.25) is 18.6 Å². The van der Waals surface area contributed by atoms with Crippen molar-refractivity contribution < 1.29 is 37.6 Å². The van der Waals surface area contributed by atoms with E-state index >= 15 is 0 Å². The SMILES string of the molecule is CCCCCCCCCC/C=C\CCCCCCCCCCCCCCCCCCCCCCCCCCCCCCCC(=O)OC(COC(=O)CCCCCCCCCCCCCCC/C=C\CCCCCCCCCC)COP(=O)(O)OCCN. The second kappa shape index (κ2) is 73.5. The van der Waals surface area contributed by atoms with Gasteiger partial charge in [0.05, 0.1) is 13.2 Å². The van der Waals surface area contributed by atoms with Gasteiger partial charge in [0.2, 0.25) is 0 Å². The summed E-state index contributed by atoms with van der Waals surface area (Å²) in [5, 5.41) is 0. The summed E-state index contributed by atoms with van der Waals surface area (Å²) in [7, 11) is -4.39. The summed E-state index contributed by atoms with van der Waals surface area (Å²) < 4.78 is 33.2. The predicted octanol–water partition coefficient (Wildman–Crippen LogP) is 25.7. The van der Waals surface area contributed by atoms with E-state index in [0.29, 0.717) is 6.42 Å². The van der Waals surface area contributed by atoms with Crippen molar-refractivity contribution in [3.05, 3.63) is 24.3 Å². The van der Waals surface area contributed by atoms with Crippen molar-refractivity contribution in [2.75, 3.05) is 26.4 Å². The van der Waals surface area contributed by atoms with Gasteiger partial charge in [-0.2, -0.15) is 0 Å². The minimum atomic E-state index is -4.39. The molecule has 0 aliphatic heterocycles. The van der Waals surface area contributed by atoms with E-state index in [1.54, 1.807) is 0 Å². The van der Waals surface area contributed by atoms with E-state index in [4.69, 9.17) is 24.3 Å². The first-order chi connectivity index (χ1) is 42.8. The Balaban J connectivity index is 3.72. The first-order valence-electron chi connectivity index (χ1n) is 38.8. The Hall–Kier alpha value is -1.51. The highest BCUT2D eigenvalue weighted by molar-refractivity contribution is 7.47. The zero-order chi connectivity index (χ0) is 63.0. The van der Waals surface area contributed by atoms with Crippen LogP contribution >= 0.6 is 7.82 Å². The van der Waals surface area contributed by atoms with Crippen LogP contribution in [-0.4, -0.2) is 49.3 Å². The Morgan fingerprint density at radius 1 is 0.333 bits per heavy atom. The molecule has 0 aliphatic rings. The normalized spacial score (nSPS) is 12.9. The van der Waals surface area contributed by atoms with Gasteiger partial charge in [-0.1, -0.05) is 372 Å². The van der Waals surface area contributed by atoms with Crippen LogP contribution in [-0.2, 0) is 32.7 Å². The van der Waals surface area contributed by atoms with Crippen molar-refractivity contribution in [3.63, 3.8) is 0 Å². The largest absolute Gasteiger partial charge is 0.472 e. The van der Waals surface area contributed by atoms with Crippen LogP contribution in [0.25, 0.3) is 0 Å². The van der Waals surface area contributed by atoms with Gasteiger partial charge in [0.1, 0.15) is 6.61 Å². The number of phosphoric acid groups is 1. The number of ether oxygens (including phenoxy) is 2. The van der Waals surface area contributed by atoms with Crippen LogP contribution in [0.1, 0.15) is 425 Å². The third-order valence-electron chi connectivity index (χ3n) is 17.8. The second-order valence-corrected chi connectivity index (χ2v) is 28.0. The molecular formula is C77H150NO8P. The molecule has 87 heavy (non-hydrogen) atoms. The maximum Gasteiger partial charge on any atom is 0.472 e. The van der Waals surface area contributed by atoms with Crippen molar-refractivity contribution in [2.24, 2.45) is 5.73 Å². The summed E-state index contributed by atoms with van der Waals surface area (Å²) in [5.41, 5.74) is 5.41. The van der Waals surface area contributed by atoms with E-state index in [1.807, 2.05) is 0 Å². The average Bonchev–Trinajstić information content (AvgIpc) is 3.65. The molecule has 10 heteroatoms. The van der Waals surface area contributed by atoms with E-state index in [1.165, 1.54) is 360 Å². The number of allylic oxidation sites excluding steroid dienone is 4. The molecule has 0 spiro atoms. The minimum absolute atomic E-state index is 0.0569. The van der Waals surface area contributed by atoms with Gasteiger partial charge < -0.3 is 20.1 Å². The fourth-order valence-electron chi connectivity index (χ4n) is 12.0. The molecule has 0 fully saturated rings. The quantitative estimate of drug-likeness (QED) is 0.0264. The standard InChI is InChI=1S/C77H150NO8P/c1-3-5-7-9-11-13-15-17-19-21-23-25-27-29-30-31-32-33-34-35-36-37-38-39-40-41-42-43-44-46-48-50-52-54-56-58-60-62-64-66-68-70-77(80)86-75(74-85-87(81,82)84-72-71-78)73-83-76(79)69-67-65-63-61-59-57-55-53-51-49-47-45-28-26-24-22-20-18-16-14-12-10-8-6-4-2/h21-24,75H,3-20,25-74,78H2,1-2H3,(H,81,82)/b23-21-,24-22-. The molecule has 0 aliphatic carbocycles. The molecule has 0 bridgehead atoms. The molecule has 516 valence electrons. The van der Waals surface area contributed by atoms with Crippen LogP contribution < -0.4 is 5.73 Å². The number of carbonyl (C=O) groups is 2. The molecule has 0 saturated heterocycles. The van der Waals surface area contributed by atoms with Gasteiger partial charge in [0.25, 0.3) is 0 Å². The van der Waals surface area contributed by atoms with E-state index in [0.717, 1.165) is 32.1 Å². The maximum atomic E-state index is 12.8. The van der Waals surface area contributed by atoms with E-state index < -0.39 is 26.5 Å². The van der Waals surface area contributed by atoms with E-state index in [9.17, 15) is 19.0 Å². The third kappa shape index (κ3) is 73.4. The molecule has 0 aromatic carbocycles. The molecule has 0 heterocycles. The van der Waals surface area contributed by atoms with Gasteiger partial charge >= 0.3 is 19.8 Å². The first kappa shape index (κ1) is 85.5. The molecule has 0 radical (unpaired) electrons. The summed E-state index contributed by atoms with van der Waals surface area (Å²) in [6, 6.07) is 0. The highest BCUT2D eigenvalue weighted by Crippen LogP contribution is 2.43. The molecular weight excluding hydrogens is 1100 g/mol. The van der Waals surface area contributed by atoms with Crippen LogP contribution in [0, 0.1) is 0 Å². The Bertz CT molecular complexity index is 1470. The van der Waals surface area contributed by atoms with E-state index in [-0.39, 0.29) is 38.6 Å². The smallest absolute Gasteiger partial charge is 0.462 e. The zero-order valence-electron chi connectivity index (χ0n) is 58.3. The second-order valence-electron chi connectivity index (χ2n) is 26.6. The highest BCUT2D eigenvalue weighted by Gasteiger charge is 2.26. The number of hydrogen-bond acceptors (Lipinski definition) is 8. The zero-order valence-corrected chi connectivity index (χ0v) is 59.2. The molecule has 0 aromatic heterocycles. The minimum Gasteiger partial charge on any atom is -0.462 e. The molecule has 2 unspecified atom stereocenters. The summed E-state index contributed by atoms with van der Waals surface area (Å²) in [5.74, 6) is -0.802. The van der Waals surface area contributed by atoms with Gasteiger partial charge in [-0.15, -0.1) is 0 Å². The molecule has 0 rings (SSSR count). The molecule has 9 nitrogen and oxygen atoms in total. The number of rotatable bonds is 75. The van der Waals surface area contributed by atoms with Crippen molar-refractivity contribution in [3.8, 4) is 0 Å². The van der Waals surface area contributed by atoms with Crippen LogP contribution in [0.4, 0.5) is 0 Å². The third-order valence-corrected chi connectivity index (χ3v) is 18.8. The lowest BCUT2D eigenvalue weighted by atomic mass is 10.0. The predicted molar refractivity (Wildman–Crippen MR) is 377 cm³/mol. The van der Waals surface area contributed by atoms with Crippen molar-refractivity contribution in [2.45, 2.75) is 431 Å². The number of carbonyl (C=O) groups excluding carboxylic acids is 2. The molecule has 0 aromatic rings. The van der Waals surface area contributed by atoms with Gasteiger partial charge in [-0.05, 0) is 64.2 Å². The van der Waals surface area contributed by atoms with Crippen molar-refractivity contribution in [1.29, 1.82) is 0 Å². The summed E-state index contributed by atoms with van der Waals surface area (Å²) in [6.07, 6.45) is 91.8. The number of nitrogens with two attached hydrogens (primary N) is 1. The van der Waals surface area contributed by atoms with Crippen molar-refractivity contribution >= 4 is 19.8 Å². The average molecular weight is 1250 g/mol. The lowest BCUT2D eigenvalue weighted by Crippen LogP contribution is -2.29. The Morgan fingerprint density at radius 2 is 0.563 bits per heavy atom. The molecule has 2 atom stereocenters. The number of phosphoric ester groups is 1. The maximum absolute atomic E-state index is 12.8. The monoisotopic (exact) mass is 1250 g/mol. The lowest BCUT2D eigenvalue weighted by Gasteiger charge is -2.19. The van der Waals surface area contributed by atoms with Crippen LogP contribution in [0.2, 0.25) is 0 Å². The molecule has 3 N–H and O–H groups in total. The topological polar surface area (TPSA) is 134 Å². The molecule has 0 amide bonds. The lowest BCUT2D eigenvalue weighted by molar-refractivity contribution is -0.161. The Morgan fingerprint density at radius 3 is 0.816 bits per heavy atom. The summed E-state index contributed by atoms with van der Waals surface area (Å²) in [6.45, 7) is 3.83. The Kier molecular flexibility index (Phi) is 72.3. The van der Waals surface area contributed by atoms with Gasteiger partial charge in [0, 0.05) is 19.4 Å². The first-order valence-corrected chi connectivity index (χ1v) is 40.3. The van der Waals surface area contributed by atoms with Gasteiger partial charge in [0.15, 0.2) is 6.10 Å².